The van der Waals surface area contributed by atoms with Gasteiger partial charge in [0, 0.05) is 42.5 Å². The van der Waals surface area contributed by atoms with Gasteiger partial charge >= 0.3 is 0 Å². The molecule has 0 bridgehead atoms. The summed E-state index contributed by atoms with van der Waals surface area (Å²) in [6.45, 7) is 3.64. The van der Waals surface area contributed by atoms with Crippen LogP contribution in [0.25, 0.3) is 10.8 Å². The summed E-state index contributed by atoms with van der Waals surface area (Å²) >= 11 is 0. The maximum absolute atomic E-state index is 10.2. The Morgan fingerprint density at radius 1 is 0.881 bits per heavy atom. The molecule has 1 aliphatic rings. The van der Waals surface area contributed by atoms with Crippen LogP contribution in [0.4, 0.5) is 0 Å². The Labute approximate surface area is 249 Å². The zero-order chi connectivity index (χ0) is 29.1. The average molecular weight is 568 g/mol. The van der Waals surface area contributed by atoms with E-state index < -0.39 is 0 Å². The molecule has 2 N–H and O–H groups in total. The minimum atomic E-state index is 0.164. The highest BCUT2D eigenvalue weighted by atomic mass is 16.5. The Morgan fingerprint density at radius 2 is 1.67 bits per heavy atom. The molecule has 220 valence electrons. The van der Waals surface area contributed by atoms with E-state index in [9.17, 15) is 5.11 Å². The van der Waals surface area contributed by atoms with E-state index in [0.717, 1.165) is 65.9 Å². The molecule has 0 unspecified atom stereocenters. The molecule has 4 aromatic rings. The monoisotopic (exact) mass is 567 g/mol. The third kappa shape index (κ3) is 7.35. The Balaban J connectivity index is 1.15. The predicted octanol–water partition coefficient (Wildman–Crippen LogP) is 5.99. The van der Waals surface area contributed by atoms with Gasteiger partial charge in [0.1, 0.15) is 17.2 Å². The lowest BCUT2D eigenvalue weighted by Gasteiger charge is -2.38. The molecule has 1 aliphatic heterocycles. The second-order valence-corrected chi connectivity index (χ2v) is 10.9. The second-order valence-electron chi connectivity index (χ2n) is 10.9. The van der Waals surface area contributed by atoms with Crippen molar-refractivity contribution in [2.75, 3.05) is 47.1 Å². The average Bonchev–Trinajstić information content (AvgIpc) is 3.05. The zero-order valence-corrected chi connectivity index (χ0v) is 24.6. The number of para-hydroxylation sites is 1. The molecule has 1 saturated heterocycles. The van der Waals surface area contributed by atoms with Crippen molar-refractivity contribution < 1.29 is 24.1 Å². The number of fused-ring (bicyclic) bond motifs is 1. The maximum atomic E-state index is 10.2. The highest BCUT2D eigenvalue weighted by Gasteiger charge is 2.33. The predicted molar refractivity (Wildman–Crippen MR) is 165 cm³/mol. The fourth-order valence-corrected chi connectivity index (χ4v) is 6.12. The third-order valence-corrected chi connectivity index (χ3v) is 8.27. The van der Waals surface area contributed by atoms with Gasteiger partial charge in [0.15, 0.2) is 0 Å². The number of benzene rings is 3. The smallest absolute Gasteiger partial charge is 0.127 e. The number of aliphatic hydroxyl groups excluding tert-OH is 1. The highest BCUT2D eigenvalue weighted by molar-refractivity contribution is 5.88. The Kier molecular flexibility index (Phi) is 10.6. The van der Waals surface area contributed by atoms with E-state index >= 15 is 0 Å². The van der Waals surface area contributed by atoms with Crippen molar-refractivity contribution in [1.82, 2.24) is 5.32 Å². The number of aryl methyl sites for hydroxylation is 1. The summed E-state index contributed by atoms with van der Waals surface area (Å²) in [5.41, 5.74) is 3.55. The fraction of sp³-hybridized carbons (Fsp3) is 0.389. The van der Waals surface area contributed by atoms with E-state index in [0.29, 0.717) is 25.7 Å². The van der Waals surface area contributed by atoms with Gasteiger partial charge in [-0.3, -0.25) is 0 Å². The summed E-state index contributed by atoms with van der Waals surface area (Å²) < 4.78 is 22.9. The van der Waals surface area contributed by atoms with Crippen LogP contribution < -0.4 is 19.5 Å². The Bertz CT molecular complexity index is 1410. The lowest BCUT2D eigenvalue weighted by molar-refractivity contribution is 0.105. The molecule has 1 fully saturated rings. The van der Waals surface area contributed by atoms with Crippen molar-refractivity contribution in [3.05, 3.63) is 102 Å². The van der Waals surface area contributed by atoms with Crippen LogP contribution in [0.1, 0.15) is 35.4 Å². The van der Waals surface area contributed by atoms with Crippen LogP contribution in [0, 0.1) is 24.0 Å². The second kappa shape index (κ2) is 14.9. The molecule has 6 heteroatoms. The number of piperidine rings is 1. The summed E-state index contributed by atoms with van der Waals surface area (Å²) in [4.78, 5) is 0. The lowest BCUT2D eigenvalue weighted by Crippen LogP contribution is -2.43. The quantitative estimate of drug-likeness (QED) is 0.183. The van der Waals surface area contributed by atoms with E-state index in [1.165, 1.54) is 11.1 Å². The van der Waals surface area contributed by atoms with Crippen molar-refractivity contribution in [3.8, 4) is 17.2 Å². The molecule has 6 nitrogen and oxygen atoms in total. The molecule has 0 aliphatic carbocycles. The van der Waals surface area contributed by atoms with Crippen molar-refractivity contribution in [1.29, 1.82) is 0 Å². The molecular formula is C36H41NO5. The van der Waals surface area contributed by atoms with Crippen LogP contribution in [0.2, 0.25) is 0 Å². The van der Waals surface area contributed by atoms with E-state index in [4.69, 9.17) is 18.9 Å². The zero-order valence-electron chi connectivity index (χ0n) is 24.6. The summed E-state index contributed by atoms with van der Waals surface area (Å²) in [5.74, 6) is 3.43. The van der Waals surface area contributed by atoms with Crippen LogP contribution in [-0.2, 0) is 17.8 Å². The van der Waals surface area contributed by atoms with Gasteiger partial charge in [-0.05, 0) is 78.1 Å². The number of hydrogen-bond donors (Lipinski definition) is 2. The van der Waals surface area contributed by atoms with Crippen molar-refractivity contribution in [2.45, 2.75) is 31.8 Å². The normalized spacial score (nSPS) is 18.4. The van der Waals surface area contributed by atoms with Crippen LogP contribution in [0.3, 0.4) is 0 Å². The summed E-state index contributed by atoms with van der Waals surface area (Å²) in [6.07, 6.45) is 2.75. The molecule has 0 spiro atoms. The van der Waals surface area contributed by atoms with E-state index in [1.54, 1.807) is 14.2 Å². The minimum Gasteiger partial charge on any atom is -0.496 e. The number of methoxy groups -OCH3 is 2. The van der Waals surface area contributed by atoms with Gasteiger partial charge in [-0.1, -0.05) is 48.5 Å². The number of aliphatic hydroxyl groups is 1. The molecule has 3 atom stereocenters. The number of ether oxygens (including phenoxy) is 4. The van der Waals surface area contributed by atoms with Crippen LogP contribution in [0.15, 0.2) is 72.8 Å². The minimum absolute atomic E-state index is 0.164. The largest absolute Gasteiger partial charge is 0.496 e. The third-order valence-electron chi connectivity index (χ3n) is 8.27. The molecule has 5 rings (SSSR count). The highest BCUT2D eigenvalue weighted by Crippen LogP contribution is 2.38. The molecule has 0 aromatic heterocycles. The van der Waals surface area contributed by atoms with Crippen LogP contribution in [0.5, 0.6) is 17.2 Å². The molecule has 1 heterocycles. The topological polar surface area (TPSA) is 69.2 Å². The van der Waals surface area contributed by atoms with Crippen LogP contribution >= 0.6 is 0 Å². The molecule has 0 saturated carbocycles. The van der Waals surface area contributed by atoms with Gasteiger partial charge < -0.3 is 29.4 Å². The van der Waals surface area contributed by atoms with Crippen molar-refractivity contribution >= 4 is 10.8 Å². The van der Waals surface area contributed by atoms with Gasteiger partial charge in [-0.15, -0.1) is 0 Å². The first kappa shape index (κ1) is 29.7. The Hall–Kier alpha value is -3.76. The summed E-state index contributed by atoms with van der Waals surface area (Å²) in [7, 11) is 3.39. The van der Waals surface area contributed by atoms with Gasteiger partial charge in [-0.2, -0.15) is 0 Å². The lowest BCUT2D eigenvalue weighted by atomic mass is 9.72. The molecule has 4 aromatic carbocycles. The standard InChI is InChI=1S/C36H41NO5/c1-39-34-11-6-4-9-30(34)25-41-18-7-19-42-32-16-14-27(15-17-32)36-29(22-37-23-31(36)24-38)13-12-26-20-28-8-3-5-10-33(28)35(21-26)40-2/h4,6,8-11,14-17,20-21,29,31,36-38H,7,12-13,18-19,22-25H2,1-2H3/t29-,31-,36+/m0/s1. The Morgan fingerprint density at radius 3 is 2.48 bits per heavy atom. The SMILES string of the molecule is COc1ccccc1COCCCOc1ccc([C@H]2[C@H](CO)CNC[C@@H]2CCc2cc(OC)c3cc#ccc3c2)cc1. The first-order valence-corrected chi connectivity index (χ1v) is 14.8. The van der Waals surface area contributed by atoms with Gasteiger partial charge in [-0.25, -0.2) is 0 Å². The van der Waals surface area contributed by atoms with Gasteiger partial charge in [0.2, 0.25) is 0 Å². The van der Waals surface area contributed by atoms with E-state index in [-0.39, 0.29) is 18.4 Å². The first-order chi connectivity index (χ1) is 20.7. The first-order valence-electron chi connectivity index (χ1n) is 14.8. The fourth-order valence-electron chi connectivity index (χ4n) is 6.12. The van der Waals surface area contributed by atoms with Gasteiger partial charge in [0.05, 0.1) is 34.0 Å². The summed E-state index contributed by atoms with van der Waals surface area (Å²) in [5, 5.41) is 16.0. The van der Waals surface area contributed by atoms with Crippen molar-refractivity contribution in [2.24, 2.45) is 11.8 Å². The molecular weight excluding hydrogens is 526 g/mol. The number of rotatable bonds is 14. The molecule has 0 radical (unpaired) electrons. The maximum Gasteiger partial charge on any atom is 0.127 e. The van der Waals surface area contributed by atoms with E-state index in [2.05, 4.69) is 53.8 Å². The van der Waals surface area contributed by atoms with Gasteiger partial charge in [0.25, 0.3) is 0 Å². The molecule has 0 amide bonds. The van der Waals surface area contributed by atoms with E-state index in [1.807, 2.05) is 36.4 Å². The summed E-state index contributed by atoms with van der Waals surface area (Å²) in [6, 6.07) is 30.7. The van der Waals surface area contributed by atoms with Crippen molar-refractivity contribution in [3.63, 3.8) is 0 Å². The van der Waals surface area contributed by atoms with Crippen LogP contribution in [-0.4, -0.2) is 52.2 Å². The number of nitrogens with one attached hydrogen (secondary N) is 1. The molecule has 42 heavy (non-hydrogen) atoms. The number of hydrogen-bond acceptors (Lipinski definition) is 6.